The molecule has 2 amide bonds. The number of nitrogens with one attached hydrogen (secondary N) is 1. The Labute approximate surface area is 257 Å². The molecule has 0 radical (unpaired) electrons. The number of hydrogen-bond acceptors (Lipinski definition) is 4. The van der Waals surface area contributed by atoms with Crippen LogP contribution in [0.15, 0.2) is 114 Å². The lowest BCUT2D eigenvalue weighted by molar-refractivity contribution is -0.140. The molecule has 0 bridgehead atoms. The van der Waals surface area contributed by atoms with Crippen LogP contribution in [-0.4, -0.2) is 44.3 Å². The van der Waals surface area contributed by atoms with Crippen LogP contribution in [0, 0.1) is 11.6 Å². The molecule has 230 valence electrons. The molecule has 4 aromatic carbocycles. The lowest BCUT2D eigenvalue weighted by Crippen LogP contribution is -2.53. The number of nitrogens with zero attached hydrogens (tertiary/aromatic N) is 2. The lowest BCUT2D eigenvalue weighted by atomic mass is 10.0. The molecule has 44 heavy (non-hydrogen) atoms. The highest BCUT2D eigenvalue weighted by Gasteiger charge is 2.34. The summed E-state index contributed by atoms with van der Waals surface area (Å²) in [5, 5.41) is 2.92. The van der Waals surface area contributed by atoms with Gasteiger partial charge in [-0.05, 0) is 66.1 Å². The lowest BCUT2D eigenvalue weighted by Gasteiger charge is -2.34. The Morgan fingerprint density at radius 2 is 1.34 bits per heavy atom. The van der Waals surface area contributed by atoms with Crippen LogP contribution in [0.1, 0.15) is 30.9 Å². The number of hydrogen-bond donors (Lipinski definition) is 1. The van der Waals surface area contributed by atoms with Crippen molar-refractivity contribution in [3.63, 3.8) is 0 Å². The van der Waals surface area contributed by atoms with Crippen LogP contribution in [0.25, 0.3) is 0 Å². The van der Waals surface area contributed by atoms with Crippen molar-refractivity contribution in [1.82, 2.24) is 10.2 Å². The summed E-state index contributed by atoms with van der Waals surface area (Å²) in [6, 6.07) is 26.2. The summed E-state index contributed by atoms with van der Waals surface area (Å²) in [6.45, 7) is 1.70. The molecule has 0 fully saturated rings. The van der Waals surface area contributed by atoms with E-state index in [0.29, 0.717) is 12.1 Å². The van der Waals surface area contributed by atoms with Gasteiger partial charge in [0, 0.05) is 19.5 Å². The first-order valence-electron chi connectivity index (χ1n) is 14.4. The van der Waals surface area contributed by atoms with E-state index in [1.807, 2.05) is 37.3 Å². The van der Waals surface area contributed by atoms with E-state index >= 15 is 0 Å². The predicted octanol–water partition coefficient (Wildman–Crippen LogP) is 5.72. The average molecular weight is 620 g/mol. The highest BCUT2D eigenvalue weighted by molar-refractivity contribution is 7.92. The van der Waals surface area contributed by atoms with Crippen molar-refractivity contribution in [2.24, 2.45) is 0 Å². The van der Waals surface area contributed by atoms with Crippen molar-refractivity contribution in [1.29, 1.82) is 0 Å². The van der Waals surface area contributed by atoms with Gasteiger partial charge in [-0.2, -0.15) is 0 Å². The van der Waals surface area contributed by atoms with Crippen LogP contribution in [-0.2, 0) is 32.6 Å². The van der Waals surface area contributed by atoms with E-state index in [2.05, 4.69) is 5.32 Å². The fourth-order valence-corrected chi connectivity index (χ4v) is 6.12. The van der Waals surface area contributed by atoms with Crippen molar-refractivity contribution in [2.45, 2.75) is 43.7 Å². The van der Waals surface area contributed by atoms with Crippen LogP contribution >= 0.6 is 0 Å². The number of sulfonamides is 1. The van der Waals surface area contributed by atoms with E-state index in [9.17, 15) is 26.8 Å². The maximum absolute atomic E-state index is 14.3. The van der Waals surface area contributed by atoms with E-state index in [1.165, 1.54) is 29.2 Å². The summed E-state index contributed by atoms with van der Waals surface area (Å²) in [5.74, 6) is -2.08. The van der Waals surface area contributed by atoms with Crippen LogP contribution < -0.4 is 9.62 Å². The normalized spacial score (nSPS) is 11.9. The number of carbonyl (C=O) groups excluding carboxylic acids is 2. The van der Waals surface area contributed by atoms with Gasteiger partial charge in [-0.15, -0.1) is 0 Å². The number of carbonyl (C=O) groups is 2. The first kappa shape index (κ1) is 32.3. The molecule has 0 spiro atoms. The Bertz CT molecular complexity index is 1620. The van der Waals surface area contributed by atoms with Gasteiger partial charge in [-0.3, -0.25) is 13.9 Å². The molecule has 0 aliphatic carbocycles. The Balaban J connectivity index is 1.76. The third kappa shape index (κ3) is 8.50. The first-order valence-corrected chi connectivity index (χ1v) is 15.8. The van der Waals surface area contributed by atoms with Gasteiger partial charge in [-0.1, -0.05) is 74.0 Å². The molecule has 4 rings (SSSR count). The number of benzene rings is 4. The van der Waals surface area contributed by atoms with Crippen molar-refractivity contribution >= 4 is 27.5 Å². The van der Waals surface area contributed by atoms with Crippen LogP contribution in [0.4, 0.5) is 14.5 Å². The van der Waals surface area contributed by atoms with Crippen LogP contribution in [0.5, 0.6) is 0 Å². The van der Waals surface area contributed by atoms with Crippen molar-refractivity contribution in [3.8, 4) is 0 Å². The highest BCUT2D eigenvalue weighted by atomic mass is 32.2. The Morgan fingerprint density at radius 1 is 0.773 bits per heavy atom. The number of unbranched alkanes of at least 4 members (excludes halogenated alkanes) is 1. The van der Waals surface area contributed by atoms with Gasteiger partial charge in [0.25, 0.3) is 10.0 Å². The van der Waals surface area contributed by atoms with Gasteiger partial charge >= 0.3 is 0 Å². The standard InChI is InChI=1S/C34H35F2N3O4S/c1-2-3-22-37-34(41)32(23-26-10-6-4-7-11-26)38(24-27-14-16-28(35)17-15-27)33(40)25-39(30-12-8-5-9-13-30)44(42,43)31-20-18-29(36)19-21-31/h4-21,32H,2-3,22-25H2,1H3,(H,37,41)/t32-/m1/s1. The average Bonchev–Trinajstić information content (AvgIpc) is 3.03. The highest BCUT2D eigenvalue weighted by Crippen LogP contribution is 2.25. The van der Waals surface area contributed by atoms with E-state index < -0.39 is 40.2 Å². The second kappa shape index (κ2) is 15.2. The summed E-state index contributed by atoms with van der Waals surface area (Å²) in [6.07, 6.45) is 1.77. The molecular weight excluding hydrogens is 584 g/mol. The third-order valence-corrected chi connectivity index (χ3v) is 8.88. The minimum atomic E-state index is -4.33. The van der Waals surface area contributed by atoms with Gasteiger partial charge < -0.3 is 10.2 Å². The smallest absolute Gasteiger partial charge is 0.264 e. The second-order valence-electron chi connectivity index (χ2n) is 10.3. The van der Waals surface area contributed by atoms with E-state index in [4.69, 9.17) is 0 Å². The molecule has 4 aromatic rings. The molecule has 1 atom stereocenters. The van der Waals surface area contributed by atoms with Gasteiger partial charge in [0.1, 0.15) is 24.2 Å². The topological polar surface area (TPSA) is 86.8 Å². The summed E-state index contributed by atoms with van der Waals surface area (Å²) in [5.41, 5.74) is 1.59. The van der Waals surface area contributed by atoms with Crippen LogP contribution in [0.3, 0.4) is 0 Å². The molecule has 0 aliphatic heterocycles. The Hall–Kier alpha value is -4.57. The first-order chi connectivity index (χ1) is 21.2. The number of para-hydroxylation sites is 1. The molecule has 0 heterocycles. The SMILES string of the molecule is CCCCNC(=O)[C@@H](Cc1ccccc1)N(Cc1ccc(F)cc1)C(=O)CN(c1ccccc1)S(=O)(=O)c1ccc(F)cc1. The largest absolute Gasteiger partial charge is 0.354 e. The Morgan fingerprint density at radius 3 is 1.93 bits per heavy atom. The van der Waals surface area contributed by atoms with Crippen LogP contribution in [0.2, 0.25) is 0 Å². The zero-order chi connectivity index (χ0) is 31.5. The molecule has 7 nitrogen and oxygen atoms in total. The maximum Gasteiger partial charge on any atom is 0.264 e. The zero-order valence-electron chi connectivity index (χ0n) is 24.4. The third-order valence-electron chi connectivity index (χ3n) is 7.09. The van der Waals surface area contributed by atoms with Gasteiger partial charge in [0.15, 0.2) is 0 Å². The molecular formula is C34H35F2N3O4S. The number of amides is 2. The Kier molecular flexibility index (Phi) is 11.2. The molecule has 0 saturated carbocycles. The molecule has 1 N–H and O–H groups in total. The number of anilines is 1. The fraction of sp³-hybridized carbons (Fsp3) is 0.235. The minimum absolute atomic E-state index is 0.0724. The van der Waals surface area contributed by atoms with E-state index in [0.717, 1.165) is 47.0 Å². The van der Waals surface area contributed by atoms with Gasteiger partial charge in [0.2, 0.25) is 11.8 Å². The summed E-state index contributed by atoms with van der Waals surface area (Å²) < 4.78 is 56.1. The van der Waals surface area contributed by atoms with Crippen molar-refractivity contribution < 1.29 is 26.8 Å². The summed E-state index contributed by atoms with van der Waals surface area (Å²) >= 11 is 0. The number of halogens is 2. The molecule has 0 unspecified atom stereocenters. The number of rotatable bonds is 14. The van der Waals surface area contributed by atoms with Gasteiger partial charge in [0.05, 0.1) is 10.6 Å². The van der Waals surface area contributed by atoms with E-state index in [-0.39, 0.29) is 29.5 Å². The van der Waals surface area contributed by atoms with Crippen molar-refractivity contribution in [3.05, 3.63) is 132 Å². The van der Waals surface area contributed by atoms with Gasteiger partial charge in [-0.25, -0.2) is 17.2 Å². The molecule has 0 saturated heterocycles. The zero-order valence-corrected chi connectivity index (χ0v) is 25.2. The molecule has 0 aromatic heterocycles. The maximum atomic E-state index is 14.3. The monoisotopic (exact) mass is 619 g/mol. The molecule has 0 aliphatic rings. The summed E-state index contributed by atoms with van der Waals surface area (Å²) in [7, 11) is -4.33. The fourth-order valence-electron chi connectivity index (χ4n) is 4.70. The predicted molar refractivity (Wildman–Crippen MR) is 166 cm³/mol. The molecule has 10 heteroatoms. The second-order valence-corrected chi connectivity index (χ2v) is 12.2. The minimum Gasteiger partial charge on any atom is -0.354 e. The summed E-state index contributed by atoms with van der Waals surface area (Å²) in [4.78, 5) is 29.1. The quantitative estimate of drug-likeness (QED) is 0.183. The van der Waals surface area contributed by atoms with E-state index in [1.54, 1.807) is 30.3 Å². The van der Waals surface area contributed by atoms with Crippen molar-refractivity contribution in [2.75, 3.05) is 17.4 Å².